The quantitative estimate of drug-likeness (QED) is 0.166. The zero-order valence-corrected chi connectivity index (χ0v) is 35.6. The highest BCUT2D eigenvalue weighted by molar-refractivity contribution is 7.01. The van der Waals surface area contributed by atoms with Gasteiger partial charge in [-0.1, -0.05) is 146 Å². The molecule has 4 nitrogen and oxygen atoms in total. The van der Waals surface area contributed by atoms with Crippen LogP contribution in [0, 0.1) is 0 Å². The highest BCUT2D eigenvalue weighted by Crippen LogP contribution is 2.46. The zero-order valence-electron chi connectivity index (χ0n) is 35.6. The number of fused-ring (bicyclic) bond motifs is 16. The van der Waals surface area contributed by atoms with E-state index in [1.807, 2.05) is 0 Å². The van der Waals surface area contributed by atoms with Crippen molar-refractivity contribution < 1.29 is 4.74 Å². The lowest BCUT2D eigenvalue weighted by Gasteiger charge is -2.40. The Morgan fingerprint density at radius 1 is 0.318 bits per heavy atom. The fourth-order valence-electron chi connectivity index (χ4n) is 12.5. The Balaban J connectivity index is 0.992. The van der Waals surface area contributed by atoms with Crippen molar-refractivity contribution in [2.75, 3.05) is 4.90 Å². The van der Waals surface area contributed by atoms with Gasteiger partial charge in [0, 0.05) is 50.0 Å². The van der Waals surface area contributed by atoms with Crippen LogP contribution in [-0.2, 0) is 0 Å². The maximum Gasteiger partial charge on any atom is 0.256 e. The van der Waals surface area contributed by atoms with E-state index in [-0.39, 0.29) is 13.4 Å². The Morgan fingerprint density at radius 2 is 0.833 bits per heavy atom. The smallest absolute Gasteiger partial charge is 0.256 e. The standard InChI is InChI=1S/C60H35B2N3O/c1-4-14-36(15-5-1)38-24-28-51-47(32-38)61-45-20-10-12-22-49(45)64-53-35-54-44(34-43(53)41-26-29-52(57(61)59(41)64)63(51)40-18-8-3-9-19-40)42-27-31-56-58-60(42)65(54)50-23-13-11-21-46(50)62(58)48-33-39(25-30-55(48)66-56)37-16-6-2-7-17-37/h1-35H. The molecule has 0 aliphatic carbocycles. The van der Waals surface area contributed by atoms with Crippen molar-refractivity contribution in [3.05, 3.63) is 212 Å². The molecule has 0 atom stereocenters. The first kappa shape index (κ1) is 34.9. The van der Waals surface area contributed by atoms with Crippen molar-refractivity contribution in [3.8, 4) is 45.1 Å². The summed E-state index contributed by atoms with van der Waals surface area (Å²) in [7, 11) is 0. The van der Waals surface area contributed by atoms with Crippen LogP contribution in [-0.4, -0.2) is 22.6 Å². The van der Waals surface area contributed by atoms with E-state index in [2.05, 4.69) is 226 Å². The molecular formula is C60H35B2N3O. The maximum absolute atomic E-state index is 6.88. The Morgan fingerprint density at radius 3 is 1.50 bits per heavy atom. The van der Waals surface area contributed by atoms with Gasteiger partial charge in [0.25, 0.3) is 13.4 Å². The summed E-state index contributed by atoms with van der Waals surface area (Å²) < 4.78 is 12.0. The third-order valence-corrected chi connectivity index (χ3v) is 15.1. The highest BCUT2D eigenvalue weighted by Gasteiger charge is 2.44. The van der Waals surface area contributed by atoms with Crippen LogP contribution < -0.4 is 42.4 Å². The maximum atomic E-state index is 6.88. The number of rotatable bonds is 3. The first-order valence-electron chi connectivity index (χ1n) is 23.0. The topological polar surface area (TPSA) is 22.3 Å². The van der Waals surface area contributed by atoms with Crippen molar-refractivity contribution >= 4 is 107 Å². The summed E-state index contributed by atoms with van der Waals surface area (Å²) in [5.74, 6) is 1.86. The molecule has 16 rings (SSSR count). The molecule has 4 aliphatic heterocycles. The molecular weight excluding hydrogens is 800 g/mol. The summed E-state index contributed by atoms with van der Waals surface area (Å²) in [6, 6.07) is 78.7. The molecule has 12 aromatic rings. The monoisotopic (exact) mass is 835 g/mol. The second-order valence-corrected chi connectivity index (χ2v) is 18.3. The molecule has 0 amide bonds. The Kier molecular flexibility index (Phi) is 6.68. The Hall–Kier alpha value is -8.47. The molecule has 6 heterocycles. The normalized spacial score (nSPS) is 13.5. The average molecular weight is 836 g/mol. The van der Waals surface area contributed by atoms with E-state index < -0.39 is 0 Å². The number of anilines is 3. The molecule has 0 fully saturated rings. The van der Waals surface area contributed by atoms with Gasteiger partial charge in [0.1, 0.15) is 11.5 Å². The van der Waals surface area contributed by atoms with E-state index in [1.54, 1.807) is 0 Å². The lowest BCUT2D eigenvalue weighted by molar-refractivity contribution is 0.488. The fraction of sp³-hybridized carbons (Fsp3) is 0. The molecule has 6 heteroatoms. The molecule has 66 heavy (non-hydrogen) atoms. The second-order valence-electron chi connectivity index (χ2n) is 18.3. The van der Waals surface area contributed by atoms with Crippen molar-refractivity contribution in [1.82, 2.24) is 9.13 Å². The van der Waals surface area contributed by atoms with Crippen molar-refractivity contribution in [1.29, 1.82) is 0 Å². The van der Waals surface area contributed by atoms with Gasteiger partial charge in [-0.2, -0.15) is 0 Å². The van der Waals surface area contributed by atoms with Gasteiger partial charge in [0.15, 0.2) is 0 Å². The molecule has 0 saturated heterocycles. The van der Waals surface area contributed by atoms with Gasteiger partial charge >= 0.3 is 0 Å². The van der Waals surface area contributed by atoms with Crippen molar-refractivity contribution in [3.63, 3.8) is 0 Å². The first-order chi connectivity index (χ1) is 32.8. The fourth-order valence-corrected chi connectivity index (χ4v) is 12.5. The molecule has 10 aromatic carbocycles. The molecule has 4 aliphatic rings. The third kappa shape index (κ3) is 4.41. The molecule has 2 aromatic heterocycles. The van der Waals surface area contributed by atoms with Crippen LogP contribution in [0.25, 0.3) is 77.2 Å². The van der Waals surface area contributed by atoms with Crippen LogP contribution in [0.5, 0.6) is 11.5 Å². The van der Waals surface area contributed by atoms with Gasteiger partial charge in [-0.05, 0) is 122 Å². The number of para-hydroxylation sites is 3. The summed E-state index contributed by atoms with van der Waals surface area (Å²) >= 11 is 0. The van der Waals surface area contributed by atoms with E-state index in [4.69, 9.17) is 4.74 Å². The van der Waals surface area contributed by atoms with E-state index >= 15 is 0 Å². The van der Waals surface area contributed by atoms with Crippen molar-refractivity contribution in [2.45, 2.75) is 0 Å². The van der Waals surface area contributed by atoms with Gasteiger partial charge in [0.2, 0.25) is 0 Å². The predicted octanol–water partition coefficient (Wildman–Crippen LogP) is 10.8. The Bertz CT molecular complexity index is 4100. The average Bonchev–Trinajstić information content (AvgIpc) is 3.90. The summed E-state index contributed by atoms with van der Waals surface area (Å²) in [6.07, 6.45) is 0. The summed E-state index contributed by atoms with van der Waals surface area (Å²) in [4.78, 5) is 2.49. The molecule has 302 valence electrons. The number of aromatic nitrogens is 2. The van der Waals surface area contributed by atoms with Crippen LogP contribution in [0.4, 0.5) is 17.1 Å². The molecule has 0 spiro atoms. The number of benzene rings is 10. The zero-order chi connectivity index (χ0) is 42.8. The van der Waals surface area contributed by atoms with Crippen LogP contribution in [0.1, 0.15) is 0 Å². The molecule has 0 unspecified atom stereocenters. The van der Waals surface area contributed by atoms with Crippen molar-refractivity contribution in [2.24, 2.45) is 0 Å². The van der Waals surface area contributed by atoms with Gasteiger partial charge in [0.05, 0.1) is 22.1 Å². The molecule has 0 radical (unpaired) electrons. The highest BCUT2D eigenvalue weighted by atomic mass is 16.5. The minimum atomic E-state index is 0.0342. The summed E-state index contributed by atoms with van der Waals surface area (Å²) in [5, 5.41) is 5.05. The summed E-state index contributed by atoms with van der Waals surface area (Å²) in [6.45, 7) is 0.0811. The first-order valence-corrected chi connectivity index (χ1v) is 23.0. The number of hydrogen-bond acceptors (Lipinski definition) is 2. The van der Waals surface area contributed by atoms with E-state index in [9.17, 15) is 0 Å². The largest absolute Gasteiger partial charge is 0.458 e. The lowest BCUT2D eigenvalue weighted by atomic mass is 9.33. The van der Waals surface area contributed by atoms with Crippen LogP contribution in [0.15, 0.2) is 212 Å². The number of ether oxygens (including phenoxy) is 1. The van der Waals surface area contributed by atoms with Gasteiger partial charge in [-0.25, -0.2) is 0 Å². The van der Waals surface area contributed by atoms with Crippen LogP contribution >= 0.6 is 0 Å². The molecule has 0 N–H and O–H groups in total. The van der Waals surface area contributed by atoms with Gasteiger partial charge in [-0.15, -0.1) is 0 Å². The second kappa shape index (κ2) is 12.6. The minimum Gasteiger partial charge on any atom is -0.458 e. The van der Waals surface area contributed by atoms with E-state index in [1.165, 1.54) is 121 Å². The Labute approximate surface area is 381 Å². The van der Waals surface area contributed by atoms with Crippen LogP contribution in [0.3, 0.4) is 0 Å². The van der Waals surface area contributed by atoms with E-state index in [0.29, 0.717) is 0 Å². The molecule has 0 bridgehead atoms. The lowest BCUT2D eigenvalue weighted by Crippen LogP contribution is -2.60. The van der Waals surface area contributed by atoms with Gasteiger partial charge < -0.3 is 18.8 Å². The predicted molar refractivity (Wildman–Crippen MR) is 277 cm³/mol. The minimum absolute atomic E-state index is 0.0342. The SMILES string of the molecule is c1ccc(-c2ccc3c(c2)B2c4ccccc4-n4c5cc6c(cc5c5ccc(c2c54)O3)c2ccc3c4c2n6-c2ccccc2B4c2cc(-c4ccccc4)ccc2N3c2ccccc2)cc1. The van der Waals surface area contributed by atoms with Crippen LogP contribution in [0.2, 0.25) is 0 Å². The third-order valence-electron chi connectivity index (χ3n) is 15.1. The number of hydrogen-bond donors (Lipinski definition) is 0. The molecule has 0 saturated carbocycles. The van der Waals surface area contributed by atoms with Gasteiger partial charge in [-0.3, -0.25) is 0 Å². The van der Waals surface area contributed by atoms with E-state index in [0.717, 1.165) is 17.2 Å². The summed E-state index contributed by atoms with van der Waals surface area (Å²) in [5.41, 5.74) is 23.6. The number of nitrogens with zero attached hydrogens (tertiary/aromatic N) is 3.